The van der Waals surface area contributed by atoms with Gasteiger partial charge in [0.05, 0.1) is 4.90 Å². The van der Waals surface area contributed by atoms with Crippen LogP contribution in [0.15, 0.2) is 77.7 Å². The SMILES string of the molecule is Nc1ccc(S(=O)(=O)OC2c3ccccc3-c3ccccc32)cc1. The van der Waals surface area contributed by atoms with Gasteiger partial charge in [0.1, 0.15) is 6.10 Å². The second kappa shape index (κ2) is 5.47. The van der Waals surface area contributed by atoms with Crippen molar-refractivity contribution in [1.29, 1.82) is 0 Å². The van der Waals surface area contributed by atoms with E-state index in [0.29, 0.717) is 5.69 Å². The van der Waals surface area contributed by atoms with E-state index in [1.807, 2.05) is 48.5 Å². The van der Waals surface area contributed by atoms with E-state index in [2.05, 4.69) is 0 Å². The Bertz CT molecular complexity index is 965. The Balaban J connectivity index is 1.78. The van der Waals surface area contributed by atoms with E-state index >= 15 is 0 Å². The van der Waals surface area contributed by atoms with Gasteiger partial charge in [-0.15, -0.1) is 0 Å². The maximum absolute atomic E-state index is 12.7. The van der Waals surface area contributed by atoms with E-state index in [9.17, 15) is 8.42 Å². The molecule has 0 aliphatic heterocycles. The molecule has 0 aromatic heterocycles. The van der Waals surface area contributed by atoms with Gasteiger partial charge in [-0.1, -0.05) is 48.5 Å². The predicted molar refractivity (Wildman–Crippen MR) is 92.8 cm³/mol. The highest BCUT2D eigenvalue weighted by atomic mass is 32.2. The molecule has 0 saturated carbocycles. The number of benzene rings is 3. The molecule has 4 nitrogen and oxygen atoms in total. The topological polar surface area (TPSA) is 69.4 Å². The summed E-state index contributed by atoms with van der Waals surface area (Å²) in [6.45, 7) is 0. The maximum atomic E-state index is 12.7. The second-order valence-electron chi connectivity index (χ2n) is 5.67. The van der Waals surface area contributed by atoms with Gasteiger partial charge in [0, 0.05) is 5.69 Å². The molecule has 0 radical (unpaired) electrons. The fourth-order valence-corrected chi connectivity index (χ4v) is 4.07. The molecule has 3 aromatic rings. The first kappa shape index (κ1) is 14.9. The molecule has 24 heavy (non-hydrogen) atoms. The van der Waals surface area contributed by atoms with Gasteiger partial charge in [0.25, 0.3) is 10.1 Å². The number of nitrogens with two attached hydrogens (primary N) is 1. The van der Waals surface area contributed by atoms with Gasteiger partial charge < -0.3 is 5.73 Å². The first-order chi connectivity index (χ1) is 11.6. The molecule has 0 bridgehead atoms. The zero-order valence-corrected chi connectivity index (χ0v) is 13.5. The highest BCUT2D eigenvalue weighted by Gasteiger charge is 2.33. The molecule has 0 fully saturated rings. The van der Waals surface area contributed by atoms with Crippen LogP contribution in [-0.2, 0) is 14.3 Å². The molecular weight excluding hydrogens is 322 g/mol. The van der Waals surface area contributed by atoms with Crippen LogP contribution < -0.4 is 5.73 Å². The van der Waals surface area contributed by atoms with Crippen LogP contribution in [0.1, 0.15) is 17.2 Å². The third kappa shape index (κ3) is 2.38. The maximum Gasteiger partial charge on any atom is 0.297 e. The molecule has 0 heterocycles. The molecule has 5 heteroatoms. The fraction of sp³-hybridized carbons (Fsp3) is 0.0526. The van der Waals surface area contributed by atoms with Crippen molar-refractivity contribution in [3.05, 3.63) is 83.9 Å². The van der Waals surface area contributed by atoms with Gasteiger partial charge in [-0.2, -0.15) is 8.42 Å². The van der Waals surface area contributed by atoms with Crippen LogP contribution in [0, 0.1) is 0 Å². The smallest absolute Gasteiger partial charge is 0.297 e. The van der Waals surface area contributed by atoms with Gasteiger partial charge in [-0.3, -0.25) is 4.18 Å². The van der Waals surface area contributed by atoms with Crippen molar-refractivity contribution in [2.45, 2.75) is 11.0 Å². The normalized spacial score (nSPS) is 13.5. The summed E-state index contributed by atoms with van der Waals surface area (Å²) >= 11 is 0. The minimum atomic E-state index is -3.90. The van der Waals surface area contributed by atoms with Crippen LogP contribution in [0.3, 0.4) is 0 Å². The predicted octanol–water partition coefficient (Wildman–Crippen LogP) is 3.74. The van der Waals surface area contributed by atoms with Crippen LogP contribution >= 0.6 is 0 Å². The number of hydrogen-bond donors (Lipinski definition) is 1. The van der Waals surface area contributed by atoms with Crippen LogP contribution in [-0.4, -0.2) is 8.42 Å². The average molecular weight is 337 g/mol. The summed E-state index contributed by atoms with van der Waals surface area (Å²) in [7, 11) is -3.90. The van der Waals surface area contributed by atoms with Crippen molar-refractivity contribution in [2.24, 2.45) is 0 Å². The zero-order valence-electron chi connectivity index (χ0n) is 12.7. The van der Waals surface area contributed by atoms with Gasteiger partial charge in [0.2, 0.25) is 0 Å². The summed E-state index contributed by atoms with van der Waals surface area (Å²) in [5.41, 5.74) is 9.86. The van der Waals surface area contributed by atoms with Crippen molar-refractivity contribution in [2.75, 3.05) is 5.73 Å². The van der Waals surface area contributed by atoms with E-state index in [1.54, 1.807) is 12.1 Å². The molecular formula is C19H15NO3S. The lowest BCUT2D eigenvalue weighted by molar-refractivity contribution is 0.258. The van der Waals surface area contributed by atoms with Gasteiger partial charge in [-0.25, -0.2) is 0 Å². The Labute approximate surface area is 140 Å². The molecule has 0 unspecified atom stereocenters. The molecule has 1 aliphatic rings. The lowest BCUT2D eigenvalue weighted by Gasteiger charge is -2.15. The molecule has 0 saturated heterocycles. The van der Waals surface area contributed by atoms with E-state index in [0.717, 1.165) is 22.3 Å². The third-order valence-corrected chi connectivity index (χ3v) is 5.46. The minimum Gasteiger partial charge on any atom is -0.399 e. The average Bonchev–Trinajstić information content (AvgIpc) is 2.90. The number of rotatable bonds is 3. The number of anilines is 1. The summed E-state index contributed by atoms with van der Waals surface area (Å²) in [6.07, 6.45) is -0.639. The third-order valence-electron chi connectivity index (χ3n) is 4.17. The Morgan fingerprint density at radius 2 is 1.25 bits per heavy atom. The molecule has 2 N–H and O–H groups in total. The fourth-order valence-electron chi connectivity index (χ4n) is 3.03. The summed E-state index contributed by atoms with van der Waals surface area (Å²) in [4.78, 5) is 0.0959. The molecule has 1 aliphatic carbocycles. The first-order valence-corrected chi connectivity index (χ1v) is 8.94. The molecule has 4 rings (SSSR count). The van der Waals surface area contributed by atoms with Crippen molar-refractivity contribution in [3.8, 4) is 11.1 Å². The van der Waals surface area contributed by atoms with Crippen molar-refractivity contribution < 1.29 is 12.6 Å². The minimum absolute atomic E-state index is 0.0959. The molecule has 120 valence electrons. The number of hydrogen-bond acceptors (Lipinski definition) is 4. The van der Waals surface area contributed by atoms with Crippen LogP contribution in [0.5, 0.6) is 0 Å². The summed E-state index contributed by atoms with van der Waals surface area (Å²) in [5.74, 6) is 0. The lowest BCUT2D eigenvalue weighted by atomic mass is 10.1. The van der Waals surface area contributed by atoms with Crippen LogP contribution in [0.2, 0.25) is 0 Å². The zero-order chi connectivity index (χ0) is 16.7. The van der Waals surface area contributed by atoms with Gasteiger partial charge in [-0.05, 0) is 46.5 Å². The Kier molecular flexibility index (Phi) is 3.40. The number of fused-ring (bicyclic) bond motifs is 3. The number of nitrogen functional groups attached to an aromatic ring is 1. The molecule has 0 spiro atoms. The van der Waals surface area contributed by atoms with Crippen LogP contribution in [0.25, 0.3) is 11.1 Å². The van der Waals surface area contributed by atoms with E-state index in [1.165, 1.54) is 12.1 Å². The Morgan fingerprint density at radius 1 is 0.750 bits per heavy atom. The molecule has 0 atom stereocenters. The Morgan fingerprint density at radius 3 is 1.79 bits per heavy atom. The van der Waals surface area contributed by atoms with Gasteiger partial charge in [0.15, 0.2) is 0 Å². The van der Waals surface area contributed by atoms with Crippen molar-refractivity contribution in [3.63, 3.8) is 0 Å². The van der Waals surface area contributed by atoms with Crippen molar-refractivity contribution >= 4 is 15.8 Å². The van der Waals surface area contributed by atoms with Crippen molar-refractivity contribution in [1.82, 2.24) is 0 Å². The van der Waals surface area contributed by atoms with E-state index in [-0.39, 0.29) is 4.90 Å². The summed E-state index contributed by atoms with van der Waals surface area (Å²) in [6, 6.07) is 21.4. The van der Waals surface area contributed by atoms with E-state index < -0.39 is 16.2 Å². The first-order valence-electron chi connectivity index (χ1n) is 7.53. The van der Waals surface area contributed by atoms with E-state index in [4.69, 9.17) is 9.92 Å². The van der Waals surface area contributed by atoms with Crippen LogP contribution in [0.4, 0.5) is 5.69 Å². The quantitative estimate of drug-likeness (QED) is 0.584. The second-order valence-corrected chi connectivity index (χ2v) is 7.25. The highest BCUT2D eigenvalue weighted by molar-refractivity contribution is 7.86. The van der Waals surface area contributed by atoms with Gasteiger partial charge >= 0.3 is 0 Å². The monoisotopic (exact) mass is 337 g/mol. The summed E-state index contributed by atoms with van der Waals surface area (Å²) < 4.78 is 30.9. The summed E-state index contributed by atoms with van der Waals surface area (Å²) in [5, 5.41) is 0. The molecule has 3 aromatic carbocycles. The highest BCUT2D eigenvalue weighted by Crippen LogP contribution is 2.46. The standard InChI is InChI=1S/C19H15NO3S/c20-13-9-11-14(12-10-13)24(21,22)23-19-17-7-3-1-5-15(17)16-6-2-4-8-18(16)19/h1-12,19H,20H2. The largest absolute Gasteiger partial charge is 0.399 e. The lowest BCUT2D eigenvalue weighted by Crippen LogP contribution is -2.12. The Hall–Kier alpha value is -2.63. The molecule has 0 amide bonds.